The van der Waals surface area contributed by atoms with Gasteiger partial charge in [-0.15, -0.1) is 0 Å². The molecule has 0 heterocycles. The van der Waals surface area contributed by atoms with E-state index in [9.17, 15) is 19.2 Å². The molecule has 0 aliphatic rings. The first-order valence-electron chi connectivity index (χ1n) is 13.9. The monoisotopic (exact) mass is 581 g/mol. The lowest BCUT2D eigenvalue weighted by molar-refractivity contribution is -0.133. The highest BCUT2D eigenvalue weighted by atomic mass is 16.2. The number of rotatable bonds is 18. The van der Waals surface area contributed by atoms with Crippen molar-refractivity contribution in [2.24, 2.45) is 22.9 Å². The third-order valence-corrected chi connectivity index (χ3v) is 6.54. The fourth-order valence-electron chi connectivity index (χ4n) is 4.26. The lowest BCUT2D eigenvalue weighted by atomic mass is 10.0. The molecule has 2 aromatic carbocycles. The summed E-state index contributed by atoms with van der Waals surface area (Å²) in [6.07, 6.45) is 2.35. The molecule has 13 N–H and O–H groups in total. The number of hydrogen-bond acceptors (Lipinski definition) is 7. The molecule has 0 radical (unpaired) electrons. The summed E-state index contributed by atoms with van der Waals surface area (Å²) in [5.74, 6) is -2.71. The summed E-state index contributed by atoms with van der Waals surface area (Å²) in [6.45, 7) is 0.725. The molecule has 4 atom stereocenters. The maximum atomic E-state index is 13.6. The van der Waals surface area contributed by atoms with Gasteiger partial charge in [-0.3, -0.25) is 24.6 Å². The maximum absolute atomic E-state index is 13.6. The fourth-order valence-corrected chi connectivity index (χ4v) is 4.26. The Morgan fingerprint density at radius 2 is 1.33 bits per heavy atom. The molecule has 0 spiro atoms. The predicted molar refractivity (Wildman–Crippen MR) is 161 cm³/mol. The molecule has 0 unspecified atom stereocenters. The van der Waals surface area contributed by atoms with Crippen LogP contribution in [-0.2, 0) is 25.6 Å². The number of hydrogen-bond donors (Lipinski definition) is 9. The van der Waals surface area contributed by atoms with Crippen LogP contribution in [0.25, 0.3) is 0 Å². The van der Waals surface area contributed by atoms with Crippen molar-refractivity contribution in [3.63, 3.8) is 0 Å². The van der Waals surface area contributed by atoms with Gasteiger partial charge in [0.15, 0.2) is 5.96 Å². The van der Waals surface area contributed by atoms with E-state index in [-0.39, 0.29) is 25.3 Å². The summed E-state index contributed by atoms with van der Waals surface area (Å²) in [7, 11) is 0. The molecule has 2 aromatic rings. The number of nitrogens with one attached hydrogen (secondary N) is 5. The zero-order valence-electron chi connectivity index (χ0n) is 23.7. The van der Waals surface area contributed by atoms with Gasteiger partial charge in [0.1, 0.15) is 18.1 Å². The summed E-state index contributed by atoms with van der Waals surface area (Å²) in [4.78, 5) is 52.0. The standard InChI is InChI=1S/C29H43N9O4/c30-16-8-7-14-22(25(32)39)36-28(42)24(20-12-5-2-6-13-20)38-27(41)23(15-9-17-35-29(33)34)37-26(40)21(31)18-19-10-3-1-4-11-19/h1-6,10-13,21-24H,7-9,14-18,30-31H2,(H2,32,39)(H,36,42)(H,37,40)(H,38,41)(H4,33,34,35)/t21-,22-,23+,24-/m0/s1. The first-order valence-corrected chi connectivity index (χ1v) is 13.9. The maximum Gasteiger partial charge on any atom is 0.247 e. The topological polar surface area (TPSA) is 244 Å². The van der Waals surface area contributed by atoms with Gasteiger partial charge in [0.25, 0.3) is 0 Å². The minimum atomic E-state index is -1.18. The molecular formula is C29H43N9O4. The molecule has 0 fully saturated rings. The highest BCUT2D eigenvalue weighted by Crippen LogP contribution is 2.15. The smallest absolute Gasteiger partial charge is 0.247 e. The zero-order chi connectivity index (χ0) is 30.9. The Balaban J connectivity index is 2.22. The van der Waals surface area contributed by atoms with Crippen molar-refractivity contribution < 1.29 is 19.2 Å². The summed E-state index contributed by atoms with van der Waals surface area (Å²) in [5, 5.41) is 18.1. The Bertz CT molecular complexity index is 1160. The number of guanidine groups is 1. The number of carbonyl (C=O) groups excluding carboxylic acids is 4. The van der Waals surface area contributed by atoms with Crippen LogP contribution in [0.15, 0.2) is 60.7 Å². The van der Waals surface area contributed by atoms with Gasteiger partial charge in [-0.05, 0) is 56.2 Å². The minimum absolute atomic E-state index is 0.169. The highest BCUT2D eigenvalue weighted by molar-refractivity contribution is 5.95. The van der Waals surface area contributed by atoms with E-state index in [1.165, 1.54) is 0 Å². The van der Waals surface area contributed by atoms with Gasteiger partial charge < -0.3 is 44.2 Å². The van der Waals surface area contributed by atoms with Crippen molar-refractivity contribution in [2.45, 2.75) is 62.7 Å². The van der Waals surface area contributed by atoms with E-state index >= 15 is 0 Å². The average Bonchev–Trinajstić information content (AvgIpc) is 2.97. The van der Waals surface area contributed by atoms with Crippen LogP contribution in [0, 0.1) is 5.41 Å². The highest BCUT2D eigenvalue weighted by Gasteiger charge is 2.30. The summed E-state index contributed by atoms with van der Waals surface area (Å²) >= 11 is 0. The predicted octanol–water partition coefficient (Wildman–Crippen LogP) is -0.739. The molecule has 0 aliphatic carbocycles. The molecule has 0 saturated heterocycles. The van der Waals surface area contributed by atoms with E-state index in [2.05, 4.69) is 21.3 Å². The first kappa shape index (κ1) is 33.7. The summed E-state index contributed by atoms with van der Waals surface area (Å²) < 4.78 is 0. The number of carbonyl (C=O) groups is 4. The third-order valence-electron chi connectivity index (χ3n) is 6.54. The number of primary amides is 1. The molecule has 228 valence electrons. The Morgan fingerprint density at radius 1 is 0.738 bits per heavy atom. The molecule has 0 aliphatic heterocycles. The van der Waals surface area contributed by atoms with Gasteiger partial charge >= 0.3 is 0 Å². The minimum Gasteiger partial charge on any atom is -0.370 e. The molecule has 2 rings (SSSR count). The number of benzene rings is 2. The number of amides is 4. The molecule has 4 amide bonds. The van der Waals surface area contributed by atoms with Crippen molar-refractivity contribution in [3.8, 4) is 0 Å². The van der Waals surface area contributed by atoms with Crippen LogP contribution in [0.5, 0.6) is 0 Å². The van der Waals surface area contributed by atoms with Gasteiger partial charge in [-0.1, -0.05) is 60.7 Å². The molecule has 42 heavy (non-hydrogen) atoms. The van der Waals surface area contributed by atoms with Gasteiger partial charge in [0.05, 0.1) is 6.04 Å². The van der Waals surface area contributed by atoms with E-state index < -0.39 is 47.8 Å². The third kappa shape index (κ3) is 11.9. The van der Waals surface area contributed by atoms with Crippen molar-refractivity contribution in [1.82, 2.24) is 21.3 Å². The van der Waals surface area contributed by atoms with E-state index in [1.54, 1.807) is 30.3 Å². The Labute approximate surface area is 246 Å². The van der Waals surface area contributed by atoms with Crippen LogP contribution in [0.2, 0.25) is 0 Å². The zero-order valence-corrected chi connectivity index (χ0v) is 23.7. The molecule has 13 nitrogen and oxygen atoms in total. The van der Waals surface area contributed by atoms with Crippen molar-refractivity contribution >= 4 is 29.6 Å². The second-order valence-corrected chi connectivity index (χ2v) is 9.94. The quantitative estimate of drug-likeness (QED) is 0.0615. The van der Waals surface area contributed by atoms with Crippen LogP contribution >= 0.6 is 0 Å². The molecule has 0 aromatic heterocycles. The fraction of sp³-hybridized carbons (Fsp3) is 0.414. The van der Waals surface area contributed by atoms with E-state index in [1.807, 2.05) is 30.3 Å². The number of unbranched alkanes of at least 4 members (excludes halogenated alkanes) is 1. The lowest BCUT2D eigenvalue weighted by Gasteiger charge is -2.26. The van der Waals surface area contributed by atoms with Crippen molar-refractivity contribution in [1.29, 1.82) is 5.41 Å². The van der Waals surface area contributed by atoms with Crippen LogP contribution in [0.4, 0.5) is 0 Å². The van der Waals surface area contributed by atoms with Gasteiger partial charge in [0, 0.05) is 6.54 Å². The summed E-state index contributed by atoms with van der Waals surface area (Å²) in [6, 6.07) is 13.7. The normalized spacial score (nSPS) is 13.6. The molecular weight excluding hydrogens is 538 g/mol. The van der Waals surface area contributed by atoms with Gasteiger partial charge in [-0.25, -0.2) is 0 Å². The van der Waals surface area contributed by atoms with Crippen LogP contribution in [0.3, 0.4) is 0 Å². The molecule has 13 heteroatoms. The van der Waals surface area contributed by atoms with E-state index in [0.29, 0.717) is 37.8 Å². The van der Waals surface area contributed by atoms with Gasteiger partial charge in [0.2, 0.25) is 23.6 Å². The number of nitrogens with two attached hydrogens (primary N) is 4. The largest absolute Gasteiger partial charge is 0.370 e. The molecule has 0 bridgehead atoms. The van der Waals surface area contributed by atoms with Crippen molar-refractivity contribution in [3.05, 3.63) is 71.8 Å². The second-order valence-electron chi connectivity index (χ2n) is 9.94. The Morgan fingerprint density at radius 3 is 1.93 bits per heavy atom. The second kappa shape index (κ2) is 18.0. The van der Waals surface area contributed by atoms with Crippen LogP contribution < -0.4 is 44.2 Å². The summed E-state index contributed by atoms with van der Waals surface area (Å²) in [5.41, 5.74) is 23.9. The lowest BCUT2D eigenvalue weighted by Crippen LogP contribution is -2.55. The first-order chi connectivity index (χ1) is 20.1. The average molecular weight is 582 g/mol. The van der Waals surface area contributed by atoms with E-state index in [0.717, 1.165) is 5.56 Å². The van der Waals surface area contributed by atoms with Crippen LogP contribution in [0.1, 0.15) is 49.3 Å². The molecule has 0 saturated carbocycles. The Hall–Kier alpha value is -4.49. The van der Waals surface area contributed by atoms with Gasteiger partial charge in [-0.2, -0.15) is 0 Å². The van der Waals surface area contributed by atoms with Crippen LogP contribution in [-0.4, -0.2) is 60.8 Å². The van der Waals surface area contributed by atoms with E-state index in [4.69, 9.17) is 28.3 Å². The SMILES string of the molecule is N=C(N)NCCC[C@@H](NC(=O)[C@@H](N)Cc1ccccc1)C(=O)N[C@H](C(=O)N[C@@H](CCCCN)C(N)=O)c1ccccc1. The van der Waals surface area contributed by atoms with Crippen molar-refractivity contribution in [2.75, 3.05) is 13.1 Å². The Kier molecular flexibility index (Phi) is 14.5.